The van der Waals surface area contributed by atoms with Gasteiger partial charge in [0.25, 0.3) is 0 Å². The van der Waals surface area contributed by atoms with Gasteiger partial charge in [-0.1, -0.05) is 133 Å². The number of anilines is 3. The molecular formula is C52H34N2O. The van der Waals surface area contributed by atoms with E-state index in [1.165, 1.54) is 43.7 Å². The summed E-state index contributed by atoms with van der Waals surface area (Å²) in [6, 6.07) is 73.9. The number of rotatable bonds is 6. The number of fused-ring (bicyclic) bond motifs is 8. The molecule has 0 spiro atoms. The summed E-state index contributed by atoms with van der Waals surface area (Å²) in [5.41, 5.74) is 13.3. The highest BCUT2D eigenvalue weighted by molar-refractivity contribution is 6.21. The Morgan fingerprint density at radius 2 is 0.927 bits per heavy atom. The van der Waals surface area contributed by atoms with Gasteiger partial charge in [0, 0.05) is 44.3 Å². The second-order valence-corrected chi connectivity index (χ2v) is 14.1. The van der Waals surface area contributed by atoms with Gasteiger partial charge < -0.3 is 13.9 Å². The molecule has 0 fully saturated rings. The summed E-state index contributed by atoms with van der Waals surface area (Å²) in [4.78, 5) is 2.34. The lowest BCUT2D eigenvalue weighted by atomic mass is 9.99. The van der Waals surface area contributed by atoms with Gasteiger partial charge in [-0.15, -0.1) is 0 Å². The molecular weight excluding hydrogens is 669 g/mol. The highest BCUT2D eigenvalue weighted by Crippen LogP contribution is 2.41. The normalized spacial score (nSPS) is 11.6. The summed E-state index contributed by atoms with van der Waals surface area (Å²) in [6.45, 7) is 0. The van der Waals surface area contributed by atoms with E-state index in [1.807, 2.05) is 12.1 Å². The Hall–Kier alpha value is -7.36. The molecule has 258 valence electrons. The fourth-order valence-corrected chi connectivity index (χ4v) is 8.45. The lowest BCUT2D eigenvalue weighted by molar-refractivity contribution is 0.669. The monoisotopic (exact) mass is 702 g/mol. The van der Waals surface area contributed by atoms with Crippen LogP contribution in [0.2, 0.25) is 0 Å². The summed E-state index contributed by atoms with van der Waals surface area (Å²) >= 11 is 0. The first-order valence-corrected chi connectivity index (χ1v) is 18.8. The average Bonchev–Trinajstić information content (AvgIpc) is 3.81. The standard InChI is InChI=1S/C52H34N2O/c1-2-11-35(12-3-1)36-21-26-39(27-22-36)53(40-28-23-38(24-29-40)44-17-10-20-50-52(44)46-16-7-9-19-49(46)55-50)41-30-32-42(33-31-41)54-47-18-8-6-15-45(47)51-43-14-5-4-13-37(43)25-34-48(51)54/h1-34H. The van der Waals surface area contributed by atoms with Gasteiger partial charge in [0.05, 0.1) is 11.0 Å². The number of hydrogen-bond acceptors (Lipinski definition) is 2. The third-order valence-corrected chi connectivity index (χ3v) is 11.0. The molecule has 0 aliphatic heterocycles. The van der Waals surface area contributed by atoms with E-state index in [4.69, 9.17) is 4.42 Å². The fraction of sp³-hybridized carbons (Fsp3) is 0. The van der Waals surface area contributed by atoms with Gasteiger partial charge in [-0.05, 0) is 106 Å². The third-order valence-electron chi connectivity index (χ3n) is 11.0. The summed E-state index contributed by atoms with van der Waals surface area (Å²) in [6.07, 6.45) is 0. The molecule has 0 amide bonds. The summed E-state index contributed by atoms with van der Waals surface area (Å²) < 4.78 is 8.62. The Labute approximate surface area is 318 Å². The predicted octanol–water partition coefficient (Wildman–Crippen LogP) is 14.6. The Morgan fingerprint density at radius 3 is 1.69 bits per heavy atom. The molecule has 11 aromatic rings. The first-order chi connectivity index (χ1) is 27.3. The second kappa shape index (κ2) is 12.6. The Kier molecular flexibility index (Phi) is 7.17. The zero-order valence-corrected chi connectivity index (χ0v) is 29.9. The third kappa shape index (κ3) is 5.13. The smallest absolute Gasteiger partial charge is 0.136 e. The number of hydrogen-bond donors (Lipinski definition) is 0. The van der Waals surface area contributed by atoms with Crippen molar-refractivity contribution in [3.8, 4) is 27.9 Å². The van der Waals surface area contributed by atoms with Crippen molar-refractivity contribution in [2.24, 2.45) is 0 Å². The van der Waals surface area contributed by atoms with Crippen LogP contribution < -0.4 is 4.90 Å². The number of furan rings is 1. The van der Waals surface area contributed by atoms with E-state index in [0.29, 0.717) is 0 Å². The Bertz CT molecular complexity index is 3170. The highest BCUT2D eigenvalue weighted by atomic mass is 16.3. The molecule has 0 bridgehead atoms. The van der Waals surface area contributed by atoms with Crippen LogP contribution in [0.3, 0.4) is 0 Å². The number of nitrogens with zero attached hydrogens (tertiary/aromatic N) is 2. The molecule has 3 nitrogen and oxygen atoms in total. The van der Waals surface area contributed by atoms with Crippen LogP contribution in [0.15, 0.2) is 211 Å². The maximum atomic E-state index is 6.23. The molecule has 2 heterocycles. The number of para-hydroxylation sites is 2. The minimum absolute atomic E-state index is 0.902. The molecule has 55 heavy (non-hydrogen) atoms. The molecule has 11 rings (SSSR count). The van der Waals surface area contributed by atoms with Crippen molar-refractivity contribution < 1.29 is 4.42 Å². The van der Waals surface area contributed by atoms with Crippen molar-refractivity contribution >= 4 is 71.6 Å². The van der Waals surface area contributed by atoms with Gasteiger partial charge in [0.1, 0.15) is 11.2 Å². The Balaban J connectivity index is 1.03. The van der Waals surface area contributed by atoms with Crippen molar-refractivity contribution in [1.82, 2.24) is 4.57 Å². The van der Waals surface area contributed by atoms with Crippen molar-refractivity contribution in [2.45, 2.75) is 0 Å². The van der Waals surface area contributed by atoms with E-state index in [-0.39, 0.29) is 0 Å². The molecule has 0 unspecified atom stereocenters. The SMILES string of the molecule is c1ccc(-c2ccc(N(c3ccc(-c4cccc5oc6ccccc6c45)cc3)c3ccc(-n4c5ccccc5c5c6ccccc6ccc54)cc3)cc2)cc1. The van der Waals surface area contributed by atoms with E-state index in [0.717, 1.165) is 55.8 Å². The summed E-state index contributed by atoms with van der Waals surface area (Å²) in [7, 11) is 0. The fourth-order valence-electron chi connectivity index (χ4n) is 8.45. The van der Waals surface area contributed by atoms with Crippen LogP contribution in [0.4, 0.5) is 17.1 Å². The van der Waals surface area contributed by atoms with E-state index >= 15 is 0 Å². The van der Waals surface area contributed by atoms with E-state index < -0.39 is 0 Å². The van der Waals surface area contributed by atoms with Crippen LogP contribution in [-0.2, 0) is 0 Å². The first kappa shape index (κ1) is 31.2. The molecule has 0 aliphatic rings. The molecule has 2 aromatic heterocycles. The van der Waals surface area contributed by atoms with Gasteiger partial charge >= 0.3 is 0 Å². The van der Waals surface area contributed by atoms with Crippen LogP contribution >= 0.6 is 0 Å². The topological polar surface area (TPSA) is 21.3 Å². The quantitative estimate of drug-likeness (QED) is 0.172. The molecule has 0 radical (unpaired) electrons. The van der Waals surface area contributed by atoms with Crippen molar-refractivity contribution in [3.63, 3.8) is 0 Å². The van der Waals surface area contributed by atoms with Crippen molar-refractivity contribution in [2.75, 3.05) is 4.90 Å². The molecule has 9 aromatic carbocycles. The van der Waals surface area contributed by atoms with E-state index in [1.54, 1.807) is 0 Å². The van der Waals surface area contributed by atoms with Crippen LogP contribution in [0, 0.1) is 0 Å². The maximum absolute atomic E-state index is 6.23. The van der Waals surface area contributed by atoms with Gasteiger partial charge in [0.15, 0.2) is 0 Å². The van der Waals surface area contributed by atoms with Crippen LogP contribution in [0.1, 0.15) is 0 Å². The first-order valence-electron chi connectivity index (χ1n) is 18.8. The summed E-state index contributed by atoms with van der Waals surface area (Å²) in [5, 5.41) is 7.36. The second-order valence-electron chi connectivity index (χ2n) is 14.1. The van der Waals surface area contributed by atoms with Gasteiger partial charge in [-0.3, -0.25) is 0 Å². The van der Waals surface area contributed by atoms with Crippen molar-refractivity contribution in [1.29, 1.82) is 0 Å². The maximum Gasteiger partial charge on any atom is 0.136 e. The average molecular weight is 703 g/mol. The van der Waals surface area contributed by atoms with E-state index in [9.17, 15) is 0 Å². The highest BCUT2D eigenvalue weighted by Gasteiger charge is 2.18. The molecule has 0 saturated heterocycles. The zero-order valence-electron chi connectivity index (χ0n) is 29.9. The summed E-state index contributed by atoms with van der Waals surface area (Å²) in [5.74, 6) is 0. The molecule has 0 atom stereocenters. The lowest BCUT2D eigenvalue weighted by Gasteiger charge is -2.26. The van der Waals surface area contributed by atoms with Crippen LogP contribution in [0.25, 0.3) is 82.5 Å². The molecule has 0 N–H and O–H groups in total. The van der Waals surface area contributed by atoms with Crippen molar-refractivity contribution in [3.05, 3.63) is 206 Å². The lowest BCUT2D eigenvalue weighted by Crippen LogP contribution is -2.10. The molecule has 3 heteroatoms. The number of benzene rings is 9. The largest absolute Gasteiger partial charge is 0.456 e. The van der Waals surface area contributed by atoms with Gasteiger partial charge in [-0.2, -0.15) is 0 Å². The van der Waals surface area contributed by atoms with Crippen LogP contribution in [-0.4, -0.2) is 4.57 Å². The van der Waals surface area contributed by atoms with Gasteiger partial charge in [-0.25, -0.2) is 0 Å². The molecule has 0 aliphatic carbocycles. The zero-order chi connectivity index (χ0) is 36.3. The predicted molar refractivity (Wildman–Crippen MR) is 231 cm³/mol. The van der Waals surface area contributed by atoms with Gasteiger partial charge in [0.2, 0.25) is 0 Å². The van der Waals surface area contributed by atoms with E-state index in [2.05, 4.69) is 204 Å². The van der Waals surface area contributed by atoms with Crippen LogP contribution in [0.5, 0.6) is 0 Å². The molecule has 0 saturated carbocycles. The minimum Gasteiger partial charge on any atom is -0.456 e. The number of aromatic nitrogens is 1. The Morgan fingerprint density at radius 1 is 0.345 bits per heavy atom. The minimum atomic E-state index is 0.902.